The summed E-state index contributed by atoms with van der Waals surface area (Å²) >= 11 is 0. The van der Waals surface area contributed by atoms with Crippen LogP contribution in [-0.2, 0) is 6.42 Å². The summed E-state index contributed by atoms with van der Waals surface area (Å²) in [6.45, 7) is 2.19. The van der Waals surface area contributed by atoms with Crippen LogP contribution >= 0.6 is 0 Å². The third kappa shape index (κ3) is 3.96. The Morgan fingerprint density at radius 2 is 1.71 bits per heavy atom. The summed E-state index contributed by atoms with van der Waals surface area (Å²) < 4.78 is 0. The molecule has 0 saturated carbocycles. The van der Waals surface area contributed by atoms with E-state index in [9.17, 15) is 4.79 Å². The first kappa shape index (κ1) is 18.0. The summed E-state index contributed by atoms with van der Waals surface area (Å²) in [5, 5.41) is 2.96. The second-order valence-corrected chi connectivity index (χ2v) is 6.93. The van der Waals surface area contributed by atoms with Gasteiger partial charge in [0.15, 0.2) is 0 Å². The normalized spacial score (nSPS) is 10.9. The number of nitrogens with zero attached hydrogens (tertiary/aromatic N) is 1. The number of amides is 1. The topological polar surface area (TPSA) is 57.8 Å². The molecule has 0 radical (unpaired) electrons. The smallest absolute Gasteiger partial charge is 0.255 e. The summed E-state index contributed by atoms with van der Waals surface area (Å²) in [6, 6.07) is 23.5. The number of carbonyl (C=O) groups is 1. The number of imidazole rings is 1. The van der Waals surface area contributed by atoms with E-state index >= 15 is 0 Å². The molecule has 2 N–H and O–H groups in total. The molecule has 28 heavy (non-hydrogen) atoms. The van der Waals surface area contributed by atoms with E-state index in [0.29, 0.717) is 5.56 Å². The van der Waals surface area contributed by atoms with Gasteiger partial charge < -0.3 is 10.3 Å². The zero-order chi connectivity index (χ0) is 19.3. The van der Waals surface area contributed by atoms with E-state index in [0.717, 1.165) is 34.5 Å². The van der Waals surface area contributed by atoms with E-state index in [1.165, 1.54) is 18.4 Å². The molecule has 0 fully saturated rings. The summed E-state index contributed by atoms with van der Waals surface area (Å²) in [5.74, 6) is 0.688. The number of aromatic amines is 1. The molecule has 0 spiro atoms. The first-order valence-corrected chi connectivity index (χ1v) is 9.68. The second kappa shape index (κ2) is 8.09. The molecular weight excluding hydrogens is 346 g/mol. The SMILES string of the molecule is CCCCc1ccc(NC(=O)c2ccc(-c3nc4ccccc4[nH]3)cc2)cc1. The first-order chi connectivity index (χ1) is 13.7. The van der Waals surface area contributed by atoms with Gasteiger partial charge in [0.2, 0.25) is 0 Å². The number of aryl methyl sites for hydroxylation is 1. The minimum absolute atomic E-state index is 0.113. The Balaban J connectivity index is 1.45. The molecule has 4 rings (SSSR count). The number of unbranched alkanes of at least 4 members (excludes halogenated alkanes) is 1. The van der Waals surface area contributed by atoms with Crippen LogP contribution in [0.1, 0.15) is 35.7 Å². The van der Waals surface area contributed by atoms with Crippen molar-refractivity contribution < 1.29 is 4.79 Å². The predicted octanol–water partition coefficient (Wildman–Crippen LogP) is 5.82. The number of carbonyl (C=O) groups excluding carboxylic acids is 1. The molecule has 0 saturated heterocycles. The maximum Gasteiger partial charge on any atom is 0.255 e. The van der Waals surface area contributed by atoms with E-state index in [2.05, 4.69) is 34.3 Å². The number of fused-ring (bicyclic) bond motifs is 1. The Kier molecular flexibility index (Phi) is 5.20. The molecule has 1 aromatic heterocycles. The molecule has 0 unspecified atom stereocenters. The minimum Gasteiger partial charge on any atom is -0.338 e. The number of nitrogens with one attached hydrogen (secondary N) is 2. The molecule has 0 atom stereocenters. The number of benzene rings is 3. The highest BCUT2D eigenvalue weighted by Gasteiger charge is 2.09. The summed E-state index contributed by atoms with van der Waals surface area (Å²) in [4.78, 5) is 20.4. The van der Waals surface area contributed by atoms with Crippen molar-refractivity contribution in [2.75, 3.05) is 5.32 Å². The number of para-hydroxylation sites is 2. The molecule has 0 aliphatic rings. The molecule has 4 nitrogen and oxygen atoms in total. The van der Waals surface area contributed by atoms with Gasteiger partial charge >= 0.3 is 0 Å². The number of aromatic nitrogens is 2. The molecule has 0 aliphatic heterocycles. The molecule has 1 amide bonds. The van der Waals surface area contributed by atoms with E-state index in [-0.39, 0.29) is 5.91 Å². The average molecular weight is 369 g/mol. The van der Waals surface area contributed by atoms with Crippen molar-refractivity contribution >= 4 is 22.6 Å². The van der Waals surface area contributed by atoms with Crippen LogP contribution in [0.5, 0.6) is 0 Å². The van der Waals surface area contributed by atoms with Crippen molar-refractivity contribution in [3.63, 3.8) is 0 Å². The van der Waals surface area contributed by atoms with Gasteiger partial charge in [0.05, 0.1) is 11.0 Å². The highest BCUT2D eigenvalue weighted by Crippen LogP contribution is 2.21. The number of hydrogen-bond acceptors (Lipinski definition) is 2. The molecule has 0 bridgehead atoms. The van der Waals surface area contributed by atoms with Gasteiger partial charge in [-0.1, -0.05) is 49.7 Å². The summed E-state index contributed by atoms with van der Waals surface area (Å²) in [6.07, 6.45) is 3.44. The van der Waals surface area contributed by atoms with Crippen LogP contribution in [0.3, 0.4) is 0 Å². The van der Waals surface area contributed by atoms with Crippen LogP contribution in [0.25, 0.3) is 22.4 Å². The Bertz CT molecular complexity index is 1050. The van der Waals surface area contributed by atoms with E-state index in [1.54, 1.807) is 0 Å². The zero-order valence-corrected chi connectivity index (χ0v) is 15.9. The van der Waals surface area contributed by atoms with Crippen LogP contribution in [0.15, 0.2) is 72.8 Å². The van der Waals surface area contributed by atoms with Crippen molar-refractivity contribution in [2.24, 2.45) is 0 Å². The maximum absolute atomic E-state index is 12.5. The quantitative estimate of drug-likeness (QED) is 0.449. The van der Waals surface area contributed by atoms with Gasteiger partial charge in [-0.25, -0.2) is 4.98 Å². The van der Waals surface area contributed by atoms with Crippen molar-refractivity contribution in [1.82, 2.24) is 9.97 Å². The molecule has 0 aliphatic carbocycles. The van der Waals surface area contributed by atoms with Crippen LogP contribution in [-0.4, -0.2) is 15.9 Å². The van der Waals surface area contributed by atoms with Gasteiger partial charge in [-0.2, -0.15) is 0 Å². The van der Waals surface area contributed by atoms with Crippen LogP contribution < -0.4 is 5.32 Å². The Hall–Kier alpha value is -3.40. The lowest BCUT2D eigenvalue weighted by atomic mass is 10.1. The van der Waals surface area contributed by atoms with Gasteiger partial charge in [0.1, 0.15) is 5.82 Å². The fourth-order valence-electron chi connectivity index (χ4n) is 3.21. The van der Waals surface area contributed by atoms with Crippen molar-refractivity contribution in [3.05, 3.63) is 83.9 Å². The number of H-pyrrole nitrogens is 1. The molecule has 4 aromatic rings. The standard InChI is InChI=1S/C24H23N3O/c1-2-3-6-17-9-15-20(16-10-17)25-24(28)19-13-11-18(12-14-19)23-26-21-7-4-5-8-22(21)27-23/h4-5,7-16H,2-3,6H2,1H3,(H,25,28)(H,26,27). The largest absolute Gasteiger partial charge is 0.338 e. The molecule has 4 heteroatoms. The van der Waals surface area contributed by atoms with Crippen molar-refractivity contribution in [1.29, 1.82) is 0 Å². The highest BCUT2D eigenvalue weighted by atomic mass is 16.1. The average Bonchev–Trinajstić information content (AvgIpc) is 3.18. The lowest BCUT2D eigenvalue weighted by Crippen LogP contribution is -2.11. The number of rotatable bonds is 6. The van der Waals surface area contributed by atoms with Gasteiger partial charge in [-0.15, -0.1) is 0 Å². The third-order valence-electron chi connectivity index (χ3n) is 4.84. The highest BCUT2D eigenvalue weighted by molar-refractivity contribution is 6.04. The number of anilines is 1. The summed E-state index contributed by atoms with van der Waals surface area (Å²) in [5.41, 5.74) is 5.62. The van der Waals surface area contributed by atoms with E-state index in [4.69, 9.17) is 0 Å². The predicted molar refractivity (Wildman–Crippen MR) is 115 cm³/mol. The van der Waals surface area contributed by atoms with Gasteiger partial charge in [0, 0.05) is 16.8 Å². The third-order valence-corrected chi connectivity index (χ3v) is 4.84. The van der Waals surface area contributed by atoms with E-state index in [1.807, 2.05) is 60.7 Å². The van der Waals surface area contributed by atoms with Gasteiger partial charge in [-0.3, -0.25) is 4.79 Å². The van der Waals surface area contributed by atoms with Crippen molar-refractivity contribution in [3.8, 4) is 11.4 Å². The maximum atomic E-state index is 12.5. The fourth-order valence-corrected chi connectivity index (χ4v) is 3.21. The van der Waals surface area contributed by atoms with E-state index < -0.39 is 0 Å². The van der Waals surface area contributed by atoms with Crippen LogP contribution in [0.2, 0.25) is 0 Å². The van der Waals surface area contributed by atoms with Gasteiger partial charge in [-0.05, 0) is 54.8 Å². The minimum atomic E-state index is -0.113. The molecular formula is C24H23N3O. The van der Waals surface area contributed by atoms with Crippen LogP contribution in [0.4, 0.5) is 5.69 Å². The lowest BCUT2D eigenvalue weighted by Gasteiger charge is -2.07. The zero-order valence-electron chi connectivity index (χ0n) is 15.9. The molecule has 1 heterocycles. The Morgan fingerprint density at radius 3 is 2.43 bits per heavy atom. The summed E-state index contributed by atoms with van der Waals surface area (Å²) in [7, 11) is 0. The molecule has 3 aromatic carbocycles. The Labute approximate surface area is 164 Å². The molecule has 140 valence electrons. The Morgan fingerprint density at radius 1 is 0.964 bits per heavy atom. The van der Waals surface area contributed by atoms with Gasteiger partial charge in [0.25, 0.3) is 5.91 Å². The second-order valence-electron chi connectivity index (χ2n) is 6.93. The fraction of sp³-hybridized carbons (Fsp3) is 0.167. The van der Waals surface area contributed by atoms with Crippen molar-refractivity contribution in [2.45, 2.75) is 26.2 Å². The monoisotopic (exact) mass is 369 g/mol. The van der Waals surface area contributed by atoms with Crippen LogP contribution in [0, 0.1) is 0 Å². The lowest BCUT2D eigenvalue weighted by molar-refractivity contribution is 0.102. The first-order valence-electron chi connectivity index (χ1n) is 9.68. The number of hydrogen-bond donors (Lipinski definition) is 2.